The minimum Gasteiger partial charge on any atom is -0.480 e. The van der Waals surface area contributed by atoms with Crippen LogP contribution in [0.1, 0.15) is 38.5 Å². The molecule has 0 aliphatic carbocycles. The van der Waals surface area contributed by atoms with Gasteiger partial charge in [0.05, 0.1) is 6.54 Å². The van der Waals surface area contributed by atoms with Gasteiger partial charge in [0.15, 0.2) is 0 Å². The van der Waals surface area contributed by atoms with E-state index in [1.807, 2.05) is 0 Å². The molecule has 0 radical (unpaired) electrons. The third-order valence-corrected chi connectivity index (χ3v) is 3.30. The summed E-state index contributed by atoms with van der Waals surface area (Å²) in [6.07, 6.45) is 3.57. The van der Waals surface area contributed by atoms with E-state index < -0.39 is 24.0 Å². The molecule has 0 heterocycles. The molecule has 1 unspecified atom stereocenters. The molecule has 0 bridgehead atoms. The Balaban J connectivity index is 3.41. The van der Waals surface area contributed by atoms with Crippen molar-refractivity contribution in [1.82, 2.24) is 10.6 Å². The second-order valence-electron chi connectivity index (χ2n) is 5.41. The molecule has 0 aliphatic rings. The van der Waals surface area contributed by atoms with E-state index >= 15 is 0 Å². The number of carboxylic acids is 2. The average molecular weight is 332 g/mol. The van der Waals surface area contributed by atoms with Crippen LogP contribution in [-0.4, -0.2) is 59.8 Å². The number of aliphatic carboxylic acids is 2. The Kier molecular flexibility index (Phi) is 11.8. The Bertz CT molecular complexity index is 378. The largest absolute Gasteiger partial charge is 0.480 e. The molecule has 2 atom stereocenters. The second-order valence-corrected chi connectivity index (χ2v) is 5.41. The van der Waals surface area contributed by atoms with Crippen LogP contribution < -0.4 is 22.1 Å². The van der Waals surface area contributed by atoms with Crippen LogP contribution in [0, 0.1) is 0 Å². The standard InChI is InChI=1S/C14H28N4O5/c15-10(13(20)21)5-1-3-7-17-9-12(19)18-8-4-2-6-11(16)14(22)23/h10-11,17H,1-9,15-16H2,(H,18,19)(H,20,21)(H,22,23)/t10-,11?/m0/s1. The smallest absolute Gasteiger partial charge is 0.320 e. The molecule has 9 heteroatoms. The minimum atomic E-state index is -1.01. The Morgan fingerprint density at radius 1 is 0.826 bits per heavy atom. The predicted molar refractivity (Wildman–Crippen MR) is 84.8 cm³/mol. The van der Waals surface area contributed by atoms with Crippen LogP contribution in [0.4, 0.5) is 0 Å². The fraction of sp³-hybridized carbons (Fsp3) is 0.786. The molecule has 0 aromatic carbocycles. The summed E-state index contributed by atoms with van der Waals surface area (Å²) < 4.78 is 0. The van der Waals surface area contributed by atoms with E-state index in [9.17, 15) is 14.4 Å². The highest BCUT2D eigenvalue weighted by Gasteiger charge is 2.11. The molecule has 0 saturated heterocycles. The number of amides is 1. The first-order chi connectivity index (χ1) is 10.8. The van der Waals surface area contributed by atoms with Crippen LogP contribution in [0.3, 0.4) is 0 Å². The molecule has 0 fully saturated rings. The molecule has 0 saturated carbocycles. The van der Waals surface area contributed by atoms with Gasteiger partial charge < -0.3 is 32.3 Å². The number of carboxylic acid groups (broad SMARTS) is 2. The van der Waals surface area contributed by atoms with E-state index in [-0.39, 0.29) is 12.5 Å². The zero-order valence-electron chi connectivity index (χ0n) is 13.3. The number of carbonyl (C=O) groups excluding carboxylic acids is 1. The predicted octanol–water partition coefficient (Wildman–Crippen LogP) is -1.14. The van der Waals surface area contributed by atoms with Gasteiger partial charge in [-0.3, -0.25) is 14.4 Å². The first kappa shape index (κ1) is 21.3. The van der Waals surface area contributed by atoms with Gasteiger partial charge in [0.2, 0.25) is 5.91 Å². The molecule has 0 aromatic rings. The van der Waals surface area contributed by atoms with Gasteiger partial charge in [-0.2, -0.15) is 0 Å². The third kappa shape index (κ3) is 12.5. The van der Waals surface area contributed by atoms with Gasteiger partial charge in [0.1, 0.15) is 12.1 Å². The lowest BCUT2D eigenvalue weighted by molar-refractivity contribution is -0.139. The monoisotopic (exact) mass is 332 g/mol. The minimum absolute atomic E-state index is 0.130. The highest BCUT2D eigenvalue weighted by molar-refractivity contribution is 5.77. The summed E-state index contributed by atoms with van der Waals surface area (Å²) in [6, 6.07) is -1.67. The van der Waals surface area contributed by atoms with Crippen molar-refractivity contribution in [2.75, 3.05) is 19.6 Å². The number of unbranched alkanes of at least 4 members (excludes halogenated alkanes) is 2. The summed E-state index contributed by atoms with van der Waals surface area (Å²) in [5, 5.41) is 22.9. The highest BCUT2D eigenvalue weighted by Crippen LogP contribution is 1.99. The topological polar surface area (TPSA) is 168 Å². The van der Waals surface area contributed by atoms with Gasteiger partial charge in [-0.1, -0.05) is 6.42 Å². The Morgan fingerprint density at radius 3 is 1.78 bits per heavy atom. The lowest BCUT2D eigenvalue weighted by Gasteiger charge is -2.09. The Hall–Kier alpha value is -1.71. The van der Waals surface area contributed by atoms with Gasteiger partial charge in [0, 0.05) is 6.54 Å². The quantitative estimate of drug-likeness (QED) is 0.217. The summed E-state index contributed by atoms with van der Waals surface area (Å²) >= 11 is 0. The van der Waals surface area contributed by atoms with Crippen molar-refractivity contribution in [2.45, 2.75) is 50.6 Å². The zero-order valence-corrected chi connectivity index (χ0v) is 13.3. The van der Waals surface area contributed by atoms with Crippen LogP contribution >= 0.6 is 0 Å². The number of carbonyl (C=O) groups is 3. The van der Waals surface area contributed by atoms with Crippen molar-refractivity contribution < 1.29 is 24.6 Å². The fourth-order valence-corrected chi connectivity index (χ4v) is 1.84. The normalized spacial score (nSPS) is 13.3. The van der Waals surface area contributed by atoms with Crippen molar-refractivity contribution in [3.8, 4) is 0 Å². The van der Waals surface area contributed by atoms with Crippen molar-refractivity contribution in [1.29, 1.82) is 0 Å². The first-order valence-electron chi connectivity index (χ1n) is 7.78. The summed E-state index contributed by atoms with van der Waals surface area (Å²) in [7, 11) is 0. The van der Waals surface area contributed by atoms with Gasteiger partial charge >= 0.3 is 11.9 Å². The van der Waals surface area contributed by atoms with Crippen molar-refractivity contribution in [2.24, 2.45) is 11.5 Å². The summed E-state index contributed by atoms with van der Waals surface area (Å²) in [5.74, 6) is -2.14. The average Bonchev–Trinajstić information content (AvgIpc) is 2.49. The van der Waals surface area contributed by atoms with Crippen LogP contribution in [0.15, 0.2) is 0 Å². The molecule has 134 valence electrons. The molecular formula is C14H28N4O5. The second kappa shape index (κ2) is 12.8. The zero-order chi connectivity index (χ0) is 17.7. The van der Waals surface area contributed by atoms with Crippen LogP contribution in [0.25, 0.3) is 0 Å². The number of hydrogen-bond donors (Lipinski definition) is 6. The number of nitrogens with one attached hydrogen (secondary N) is 2. The number of hydrogen-bond acceptors (Lipinski definition) is 6. The van der Waals surface area contributed by atoms with E-state index in [1.54, 1.807) is 0 Å². The fourth-order valence-electron chi connectivity index (χ4n) is 1.84. The Morgan fingerprint density at radius 2 is 1.30 bits per heavy atom. The lowest BCUT2D eigenvalue weighted by Crippen LogP contribution is -2.35. The maximum absolute atomic E-state index is 11.5. The molecule has 0 rings (SSSR count). The highest BCUT2D eigenvalue weighted by atomic mass is 16.4. The van der Waals surface area contributed by atoms with Crippen LogP contribution in [-0.2, 0) is 14.4 Å². The van der Waals surface area contributed by atoms with E-state index in [4.69, 9.17) is 21.7 Å². The molecule has 0 aromatic heterocycles. The van der Waals surface area contributed by atoms with E-state index in [0.29, 0.717) is 45.2 Å². The summed E-state index contributed by atoms with van der Waals surface area (Å²) in [6.45, 7) is 1.30. The number of rotatable bonds is 14. The molecule has 8 N–H and O–H groups in total. The van der Waals surface area contributed by atoms with Crippen LogP contribution in [0.5, 0.6) is 0 Å². The molecular weight excluding hydrogens is 304 g/mol. The van der Waals surface area contributed by atoms with E-state index in [2.05, 4.69) is 10.6 Å². The lowest BCUT2D eigenvalue weighted by atomic mass is 10.1. The van der Waals surface area contributed by atoms with E-state index in [1.165, 1.54) is 0 Å². The van der Waals surface area contributed by atoms with Gasteiger partial charge in [0.25, 0.3) is 0 Å². The van der Waals surface area contributed by atoms with E-state index in [0.717, 1.165) is 6.42 Å². The van der Waals surface area contributed by atoms with Crippen molar-refractivity contribution >= 4 is 17.8 Å². The van der Waals surface area contributed by atoms with Gasteiger partial charge in [-0.15, -0.1) is 0 Å². The molecule has 9 nitrogen and oxygen atoms in total. The Labute approximate surface area is 135 Å². The summed E-state index contributed by atoms with van der Waals surface area (Å²) in [4.78, 5) is 32.5. The van der Waals surface area contributed by atoms with Gasteiger partial charge in [-0.05, 0) is 38.6 Å². The van der Waals surface area contributed by atoms with Gasteiger partial charge in [-0.25, -0.2) is 0 Å². The summed E-state index contributed by atoms with van der Waals surface area (Å²) in [5.41, 5.74) is 10.7. The maximum Gasteiger partial charge on any atom is 0.320 e. The third-order valence-electron chi connectivity index (χ3n) is 3.30. The number of nitrogens with two attached hydrogens (primary N) is 2. The molecule has 1 amide bonds. The maximum atomic E-state index is 11.5. The van der Waals surface area contributed by atoms with Crippen molar-refractivity contribution in [3.05, 3.63) is 0 Å². The van der Waals surface area contributed by atoms with Crippen LogP contribution in [0.2, 0.25) is 0 Å². The van der Waals surface area contributed by atoms with Crippen molar-refractivity contribution in [3.63, 3.8) is 0 Å². The molecule has 23 heavy (non-hydrogen) atoms. The first-order valence-corrected chi connectivity index (χ1v) is 7.78. The molecule has 0 spiro atoms. The SMILES string of the molecule is NC(CCCCNC(=O)CNCCCC[C@H](N)C(=O)O)C(=O)O. The molecule has 0 aliphatic heterocycles.